The van der Waals surface area contributed by atoms with Gasteiger partial charge < -0.3 is 4.74 Å². The van der Waals surface area contributed by atoms with Gasteiger partial charge in [-0.2, -0.15) is 5.10 Å². The molecule has 0 saturated carbocycles. The Labute approximate surface area is 201 Å². The van der Waals surface area contributed by atoms with Crippen LogP contribution in [-0.4, -0.2) is 34.1 Å². The van der Waals surface area contributed by atoms with Crippen LogP contribution >= 0.6 is 11.8 Å². The number of carbonyl (C=O) groups is 1. The third-order valence-corrected chi connectivity index (χ3v) is 7.35. The quantitative estimate of drug-likeness (QED) is 0.320. The van der Waals surface area contributed by atoms with Crippen molar-refractivity contribution in [2.24, 2.45) is 0 Å². The Hall–Kier alpha value is -2.60. The number of hydrogen-bond acceptors (Lipinski definition) is 5. The molecule has 0 spiro atoms. The van der Waals surface area contributed by atoms with E-state index < -0.39 is 0 Å². The summed E-state index contributed by atoms with van der Waals surface area (Å²) in [5.41, 5.74) is 6.70. The number of thioether (sulfide) groups is 1. The molecule has 2 aromatic carbocycles. The van der Waals surface area contributed by atoms with Gasteiger partial charge in [-0.15, -0.1) is 11.8 Å². The summed E-state index contributed by atoms with van der Waals surface area (Å²) in [5.74, 6) is -0.212. The van der Waals surface area contributed by atoms with Gasteiger partial charge in [0.25, 0.3) is 0 Å². The second kappa shape index (κ2) is 11.5. The van der Waals surface area contributed by atoms with Crippen LogP contribution in [0.25, 0.3) is 16.8 Å². The largest absolute Gasteiger partial charge is 0.465 e. The molecule has 6 heteroatoms. The molecule has 0 amide bonds. The van der Waals surface area contributed by atoms with Crippen LogP contribution in [0.5, 0.6) is 0 Å². The summed E-state index contributed by atoms with van der Waals surface area (Å²) >= 11 is 1.63. The first-order valence-corrected chi connectivity index (χ1v) is 13.2. The van der Waals surface area contributed by atoms with Crippen molar-refractivity contribution in [3.8, 4) is 16.8 Å². The van der Waals surface area contributed by atoms with E-state index in [1.165, 1.54) is 67.9 Å². The zero-order valence-corrected chi connectivity index (χ0v) is 20.5. The molecule has 1 heterocycles. The van der Waals surface area contributed by atoms with Gasteiger partial charge in [0.1, 0.15) is 12.7 Å². The number of hydrogen-bond donors (Lipinski definition) is 0. The van der Waals surface area contributed by atoms with E-state index in [1.807, 2.05) is 6.26 Å². The maximum absolute atomic E-state index is 12.9. The average Bonchev–Trinajstić information content (AvgIpc) is 3.38. The van der Waals surface area contributed by atoms with Gasteiger partial charge >= 0.3 is 5.97 Å². The second-order valence-electron chi connectivity index (χ2n) is 8.67. The normalized spacial score (nSPS) is 15.2. The highest BCUT2D eigenvalue weighted by molar-refractivity contribution is 7.98. The topological polar surface area (TPSA) is 57.0 Å². The first-order valence-electron chi connectivity index (χ1n) is 12.0. The molecule has 0 fully saturated rings. The van der Waals surface area contributed by atoms with Crippen LogP contribution in [0, 0.1) is 0 Å². The van der Waals surface area contributed by atoms with Crippen molar-refractivity contribution in [3.63, 3.8) is 0 Å². The zero-order valence-electron chi connectivity index (χ0n) is 19.7. The lowest BCUT2D eigenvalue weighted by Crippen LogP contribution is -2.12. The summed E-state index contributed by atoms with van der Waals surface area (Å²) in [6.07, 6.45) is 17.2. The van der Waals surface area contributed by atoms with E-state index in [0.29, 0.717) is 0 Å². The zero-order chi connectivity index (χ0) is 23.0. The van der Waals surface area contributed by atoms with E-state index in [4.69, 9.17) is 4.74 Å². The van der Waals surface area contributed by atoms with E-state index in [2.05, 4.69) is 40.4 Å². The summed E-state index contributed by atoms with van der Waals surface area (Å²) in [6.45, 7) is 0. The standard InChI is InChI=1S/C27H33N3O2S/c1-32-27(31)26-23-12-10-8-6-4-3-5-7-9-11-22(23)24(17-25(26)33-2)20-13-15-21(16-14-20)30-19-28-18-29-30/h13-19H,3-12H2,1-2H3. The molecule has 0 unspecified atom stereocenters. The molecular weight excluding hydrogens is 430 g/mol. The molecule has 0 saturated heterocycles. The summed E-state index contributed by atoms with van der Waals surface area (Å²) in [7, 11) is 1.49. The summed E-state index contributed by atoms with van der Waals surface area (Å²) in [4.78, 5) is 18.0. The summed E-state index contributed by atoms with van der Waals surface area (Å²) in [5, 5.41) is 4.24. The molecule has 0 atom stereocenters. The van der Waals surface area contributed by atoms with Gasteiger partial charge in [0.15, 0.2) is 0 Å². The number of fused-ring (bicyclic) bond motifs is 1. The molecule has 0 bridgehead atoms. The van der Waals surface area contributed by atoms with Crippen LogP contribution in [-0.2, 0) is 17.6 Å². The molecule has 33 heavy (non-hydrogen) atoms. The Balaban J connectivity index is 1.83. The Morgan fingerprint density at radius 1 is 0.939 bits per heavy atom. The highest BCUT2D eigenvalue weighted by Gasteiger charge is 2.23. The number of nitrogens with zero attached hydrogens (tertiary/aromatic N) is 3. The number of aromatic nitrogens is 3. The molecule has 1 aromatic heterocycles. The van der Waals surface area contributed by atoms with Crippen LogP contribution in [0.1, 0.15) is 72.9 Å². The smallest absolute Gasteiger partial charge is 0.339 e. The molecule has 0 aliphatic heterocycles. The van der Waals surface area contributed by atoms with Crippen molar-refractivity contribution in [2.45, 2.75) is 69.1 Å². The fourth-order valence-electron chi connectivity index (χ4n) is 4.86. The molecule has 5 nitrogen and oxygen atoms in total. The Kier molecular flexibility index (Phi) is 8.21. The van der Waals surface area contributed by atoms with Crippen molar-refractivity contribution in [1.82, 2.24) is 14.8 Å². The fourth-order valence-corrected chi connectivity index (χ4v) is 5.50. The second-order valence-corrected chi connectivity index (χ2v) is 9.51. The van der Waals surface area contributed by atoms with E-state index in [-0.39, 0.29) is 5.97 Å². The fraction of sp³-hybridized carbons (Fsp3) is 0.444. The highest BCUT2D eigenvalue weighted by Crippen LogP contribution is 2.38. The highest BCUT2D eigenvalue weighted by atomic mass is 32.2. The third-order valence-electron chi connectivity index (χ3n) is 6.59. The number of methoxy groups -OCH3 is 1. The van der Waals surface area contributed by atoms with Gasteiger partial charge in [-0.05, 0) is 72.4 Å². The third kappa shape index (κ3) is 5.49. The maximum Gasteiger partial charge on any atom is 0.339 e. The van der Waals surface area contributed by atoms with Gasteiger partial charge in [-0.3, -0.25) is 0 Å². The first-order chi connectivity index (χ1) is 16.2. The van der Waals surface area contributed by atoms with E-state index in [9.17, 15) is 4.79 Å². The molecule has 174 valence electrons. The van der Waals surface area contributed by atoms with Crippen molar-refractivity contribution >= 4 is 17.7 Å². The minimum atomic E-state index is -0.212. The van der Waals surface area contributed by atoms with Gasteiger partial charge in [-0.1, -0.05) is 50.7 Å². The lowest BCUT2D eigenvalue weighted by atomic mass is 9.85. The Morgan fingerprint density at radius 2 is 1.58 bits per heavy atom. The number of benzene rings is 2. The van der Waals surface area contributed by atoms with E-state index in [1.54, 1.807) is 29.1 Å². The lowest BCUT2D eigenvalue weighted by Gasteiger charge is -2.22. The Morgan fingerprint density at radius 3 is 2.15 bits per heavy atom. The first kappa shape index (κ1) is 23.6. The number of esters is 1. The maximum atomic E-state index is 12.9. The molecule has 1 aliphatic rings. The monoisotopic (exact) mass is 463 g/mol. The summed E-state index contributed by atoms with van der Waals surface area (Å²) in [6, 6.07) is 10.7. The van der Waals surface area contributed by atoms with Crippen molar-refractivity contribution in [2.75, 3.05) is 13.4 Å². The van der Waals surface area contributed by atoms with Crippen molar-refractivity contribution in [1.29, 1.82) is 0 Å². The summed E-state index contributed by atoms with van der Waals surface area (Å²) < 4.78 is 7.02. The number of ether oxygens (including phenoxy) is 1. The number of rotatable bonds is 4. The van der Waals surface area contributed by atoms with Crippen molar-refractivity contribution < 1.29 is 9.53 Å². The lowest BCUT2D eigenvalue weighted by molar-refractivity contribution is 0.0595. The molecular formula is C27H33N3O2S. The van der Waals surface area contributed by atoms with Gasteiger partial charge in [-0.25, -0.2) is 14.5 Å². The van der Waals surface area contributed by atoms with Crippen LogP contribution in [0.4, 0.5) is 0 Å². The predicted octanol–water partition coefficient (Wildman–Crippen LogP) is 6.66. The predicted molar refractivity (Wildman–Crippen MR) is 134 cm³/mol. The minimum absolute atomic E-state index is 0.212. The van der Waals surface area contributed by atoms with Crippen LogP contribution in [0.3, 0.4) is 0 Å². The van der Waals surface area contributed by atoms with E-state index in [0.717, 1.165) is 41.8 Å². The van der Waals surface area contributed by atoms with E-state index >= 15 is 0 Å². The minimum Gasteiger partial charge on any atom is -0.465 e. The van der Waals surface area contributed by atoms with Crippen LogP contribution in [0.2, 0.25) is 0 Å². The molecule has 0 N–H and O–H groups in total. The molecule has 0 radical (unpaired) electrons. The van der Waals surface area contributed by atoms with Crippen molar-refractivity contribution in [3.05, 3.63) is 59.7 Å². The van der Waals surface area contributed by atoms with Gasteiger partial charge in [0, 0.05) is 4.90 Å². The molecule has 3 aromatic rings. The van der Waals surface area contributed by atoms with Crippen LogP contribution < -0.4 is 0 Å². The van der Waals surface area contributed by atoms with Gasteiger partial charge in [0.2, 0.25) is 0 Å². The Bertz CT molecular complexity index is 1060. The average molecular weight is 464 g/mol. The van der Waals surface area contributed by atoms with Gasteiger partial charge in [0.05, 0.1) is 18.4 Å². The van der Waals surface area contributed by atoms with Crippen LogP contribution in [0.15, 0.2) is 47.9 Å². The molecule has 4 rings (SSSR count). The molecule has 1 aliphatic carbocycles. The SMILES string of the molecule is COC(=O)c1c(SC)cc(-c2ccc(-n3cncn3)cc2)c2c1CCCCCCCCCC2. The number of carbonyl (C=O) groups excluding carboxylic acids is 1.